The Bertz CT molecular complexity index is 682. The van der Waals surface area contributed by atoms with Gasteiger partial charge in [-0.1, -0.05) is 11.6 Å². The number of carbonyl (C=O) groups excluding carboxylic acids is 1. The largest absolute Gasteiger partial charge is 0.488 e. The number of aliphatic hydroxyl groups is 1. The summed E-state index contributed by atoms with van der Waals surface area (Å²) in [5.74, 6) is 0.783. The first-order valence-electron chi connectivity index (χ1n) is 7.48. The molecule has 1 aromatic carbocycles. The third-order valence-electron chi connectivity index (χ3n) is 3.96. The van der Waals surface area contributed by atoms with E-state index >= 15 is 0 Å². The highest BCUT2D eigenvalue weighted by Crippen LogP contribution is 2.23. The van der Waals surface area contributed by atoms with Crippen molar-refractivity contribution < 1.29 is 19.1 Å². The molecular weight excluding hydrogens is 318 g/mol. The van der Waals surface area contributed by atoms with Crippen LogP contribution in [0, 0.1) is 6.92 Å². The van der Waals surface area contributed by atoms with Crippen molar-refractivity contribution in [2.24, 2.45) is 0 Å². The summed E-state index contributed by atoms with van der Waals surface area (Å²) in [6.07, 6.45) is 0.946. The smallest absolute Gasteiger partial charge is 0.289 e. The molecule has 1 amide bonds. The maximum absolute atomic E-state index is 12.4. The van der Waals surface area contributed by atoms with Gasteiger partial charge in [0.1, 0.15) is 18.0 Å². The van der Waals surface area contributed by atoms with Crippen molar-refractivity contribution in [3.05, 3.63) is 52.9 Å². The molecular formula is C17H18ClNO4. The summed E-state index contributed by atoms with van der Waals surface area (Å²) in [6, 6.07) is 8.75. The minimum atomic E-state index is -0.751. The van der Waals surface area contributed by atoms with Crippen molar-refractivity contribution in [2.75, 3.05) is 13.1 Å². The maximum atomic E-state index is 12.4. The first-order valence-corrected chi connectivity index (χ1v) is 7.86. The van der Waals surface area contributed by atoms with Gasteiger partial charge in [0.05, 0.1) is 12.8 Å². The summed E-state index contributed by atoms with van der Waals surface area (Å²) in [5, 5.41) is 10.9. The van der Waals surface area contributed by atoms with Gasteiger partial charge in [-0.25, -0.2) is 0 Å². The van der Waals surface area contributed by atoms with Crippen molar-refractivity contribution in [1.29, 1.82) is 0 Å². The van der Waals surface area contributed by atoms with E-state index in [2.05, 4.69) is 0 Å². The first kappa shape index (κ1) is 15.9. The molecule has 2 aromatic rings. The van der Waals surface area contributed by atoms with Gasteiger partial charge in [0.2, 0.25) is 0 Å². The van der Waals surface area contributed by atoms with E-state index in [1.165, 1.54) is 6.26 Å². The van der Waals surface area contributed by atoms with Crippen molar-refractivity contribution in [1.82, 2.24) is 4.90 Å². The number of furan rings is 1. The Morgan fingerprint density at radius 2 is 2.09 bits per heavy atom. The van der Waals surface area contributed by atoms with Gasteiger partial charge in [0, 0.05) is 23.6 Å². The van der Waals surface area contributed by atoms with Crippen LogP contribution in [-0.2, 0) is 0 Å². The second-order valence-electron chi connectivity index (χ2n) is 5.65. The Morgan fingerprint density at radius 3 is 2.70 bits per heavy atom. The lowest BCUT2D eigenvalue weighted by atomic mass is 10.0. The summed E-state index contributed by atoms with van der Waals surface area (Å²) in [6.45, 7) is 2.55. The predicted octanol–water partition coefficient (Wildman–Crippen LogP) is 2.90. The molecule has 3 rings (SSSR count). The Kier molecular flexibility index (Phi) is 4.59. The van der Waals surface area contributed by atoms with Crippen LogP contribution in [0.1, 0.15) is 22.5 Å². The molecule has 2 atom stereocenters. The lowest BCUT2D eigenvalue weighted by Gasteiger charge is -2.35. The zero-order chi connectivity index (χ0) is 16.4. The van der Waals surface area contributed by atoms with Crippen LogP contribution in [-0.4, -0.2) is 41.2 Å². The normalized spacial score (nSPS) is 21.3. The van der Waals surface area contributed by atoms with Crippen LogP contribution in [0.2, 0.25) is 5.02 Å². The van der Waals surface area contributed by atoms with Crippen LogP contribution in [0.3, 0.4) is 0 Å². The van der Waals surface area contributed by atoms with Gasteiger partial charge in [-0.05, 0) is 37.3 Å². The van der Waals surface area contributed by atoms with Gasteiger partial charge >= 0.3 is 0 Å². The lowest BCUT2D eigenvalue weighted by molar-refractivity contribution is -0.0206. The molecule has 122 valence electrons. The lowest BCUT2D eigenvalue weighted by Crippen LogP contribution is -2.51. The predicted molar refractivity (Wildman–Crippen MR) is 85.8 cm³/mol. The number of nitrogens with zero attached hydrogens (tertiary/aromatic N) is 1. The maximum Gasteiger partial charge on any atom is 0.289 e. The molecule has 1 saturated heterocycles. The molecule has 1 aliphatic heterocycles. The Morgan fingerprint density at radius 1 is 1.35 bits per heavy atom. The zero-order valence-electron chi connectivity index (χ0n) is 12.7. The number of β-amino-alcohol motifs (C(OH)–C–C–N with tert-alkyl or cyclic N) is 1. The molecule has 0 spiro atoms. The van der Waals surface area contributed by atoms with Gasteiger partial charge in [-0.15, -0.1) is 0 Å². The van der Waals surface area contributed by atoms with E-state index in [1.54, 1.807) is 35.2 Å². The third-order valence-corrected chi connectivity index (χ3v) is 4.22. The molecule has 5 nitrogen and oxygen atoms in total. The van der Waals surface area contributed by atoms with Crippen LogP contribution in [0.5, 0.6) is 5.75 Å². The van der Waals surface area contributed by atoms with Gasteiger partial charge in [-0.3, -0.25) is 4.79 Å². The van der Waals surface area contributed by atoms with Crippen LogP contribution < -0.4 is 4.74 Å². The highest BCUT2D eigenvalue weighted by molar-refractivity contribution is 6.30. The number of hydrogen-bond donors (Lipinski definition) is 1. The molecule has 6 heteroatoms. The second kappa shape index (κ2) is 6.64. The van der Waals surface area contributed by atoms with E-state index in [4.69, 9.17) is 20.8 Å². The minimum Gasteiger partial charge on any atom is -0.488 e. The number of rotatable bonds is 3. The quantitative estimate of drug-likeness (QED) is 0.936. The number of carbonyl (C=O) groups is 1. The second-order valence-corrected chi connectivity index (χ2v) is 6.09. The number of hydrogen-bond acceptors (Lipinski definition) is 4. The summed E-state index contributed by atoms with van der Waals surface area (Å²) in [7, 11) is 0. The average molecular weight is 336 g/mol. The Hall–Kier alpha value is -1.98. The molecule has 0 bridgehead atoms. The van der Waals surface area contributed by atoms with Gasteiger partial charge < -0.3 is 19.2 Å². The molecule has 2 heterocycles. The monoisotopic (exact) mass is 335 g/mol. The summed E-state index contributed by atoms with van der Waals surface area (Å²) < 4.78 is 11.0. The van der Waals surface area contributed by atoms with Crippen LogP contribution in [0.25, 0.3) is 0 Å². The number of piperidine rings is 1. The number of amides is 1. The standard InChI is InChI=1S/C17H18ClNO4/c1-11-7-9-22-16(11)17(21)19-8-6-15(14(20)10-19)23-13-4-2-12(18)3-5-13/h2-5,7,9,14-15,20H,6,8,10H2,1H3/t14-,15-/m1/s1. The average Bonchev–Trinajstić information content (AvgIpc) is 2.97. The number of halogens is 1. The highest BCUT2D eigenvalue weighted by atomic mass is 35.5. The van der Waals surface area contributed by atoms with Gasteiger partial charge in [-0.2, -0.15) is 0 Å². The van der Waals surface area contributed by atoms with E-state index in [1.807, 2.05) is 6.92 Å². The topological polar surface area (TPSA) is 62.9 Å². The highest BCUT2D eigenvalue weighted by Gasteiger charge is 2.33. The summed E-state index contributed by atoms with van der Waals surface area (Å²) in [5.41, 5.74) is 0.795. The Labute approximate surface area is 139 Å². The summed E-state index contributed by atoms with van der Waals surface area (Å²) in [4.78, 5) is 14.0. The molecule has 0 unspecified atom stereocenters. The Balaban J connectivity index is 1.62. The van der Waals surface area contributed by atoms with Gasteiger partial charge in [0.15, 0.2) is 5.76 Å². The fourth-order valence-corrected chi connectivity index (χ4v) is 2.78. The molecule has 0 saturated carbocycles. The zero-order valence-corrected chi connectivity index (χ0v) is 13.5. The minimum absolute atomic E-state index is 0.198. The van der Waals surface area contributed by atoms with E-state index in [9.17, 15) is 9.90 Å². The molecule has 0 aliphatic carbocycles. The molecule has 1 aromatic heterocycles. The molecule has 1 fully saturated rings. The van der Waals surface area contributed by atoms with E-state index in [-0.39, 0.29) is 18.6 Å². The van der Waals surface area contributed by atoms with Gasteiger partial charge in [0.25, 0.3) is 5.91 Å². The third kappa shape index (κ3) is 3.51. The van der Waals surface area contributed by atoms with Crippen molar-refractivity contribution in [3.63, 3.8) is 0 Å². The summed E-state index contributed by atoms with van der Waals surface area (Å²) >= 11 is 5.84. The molecule has 1 N–H and O–H groups in total. The van der Waals surface area contributed by atoms with E-state index in [0.29, 0.717) is 29.5 Å². The first-order chi connectivity index (χ1) is 11.0. The number of aryl methyl sites for hydroxylation is 1. The van der Waals surface area contributed by atoms with Crippen LogP contribution in [0.15, 0.2) is 41.0 Å². The fourth-order valence-electron chi connectivity index (χ4n) is 2.66. The van der Waals surface area contributed by atoms with Crippen molar-refractivity contribution >= 4 is 17.5 Å². The van der Waals surface area contributed by atoms with Crippen LogP contribution >= 0.6 is 11.6 Å². The molecule has 23 heavy (non-hydrogen) atoms. The number of benzene rings is 1. The van der Waals surface area contributed by atoms with Crippen LogP contribution in [0.4, 0.5) is 0 Å². The van der Waals surface area contributed by atoms with Crippen molar-refractivity contribution in [2.45, 2.75) is 25.6 Å². The van der Waals surface area contributed by atoms with Crippen molar-refractivity contribution in [3.8, 4) is 5.75 Å². The fraction of sp³-hybridized carbons (Fsp3) is 0.353. The van der Waals surface area contributed by atoms with E-state index in [0.717, 1.165) is 5.56 Å². The SMILES string of the molecule is Cc1ccoc1C(=O)N1CC[C@@H](Oc2ccc(Cl)cc2)[C@H](O)C1. The molecule has 1 aliphatic rings. The number of likely N-dealkylation sites (tertiary alicyclic amines) is 1. The number of ether oxygens (including phenoxy) is 1. The molecule has 0 radical (unpaired) electrons. The van der Waals surface area contributed by atoms with E-state index < -0.39 is 6.10 Å². The number of aliphatic hydroxyl groups excluding tert-OH is 1.